The van der Waals surface area contributed by atoms with Crippen molar-refractivity contribution in [2.24, 2.45) is 0 Å². The lowest BCUT2D eigenvalue weighted by molar-refractivity contribution is 0.122. The molecule has 0 bridgehead atoms. The quantitative estimate of drug-likeness (QED) is 0.524. The van der Waals surface area contributed by atoms with Crippen molar-refractivity contribution in [2.75, 3.05) is 31.2 Å². The van der Waals surface area contributed by atoms with Gasteiger partial charge in [0.25, 0.3) is 5.89 Å². The maximum Gasteiger partial charge on any atom is 0.259 e. The predicted octanol–water partition coefficient (Wildman–Crippen LogP) is 3.76. The standard InChI is InChI=1S/C20H17N5O2S/c1-2-14(18-12-28-13-22-18)8-15(3-1)19-23-20(27-24-19)16-9-17(11-21-10-16)25-4-6-26-7-5-25/h1-3,8-13H,4-7H2. The minimum Gasteiger partial charge on any atom is -0.378 e. The Morgan fingerprint density at radius 1 is 1.00 bits per heavy atom. The number of hydrogen-bond donors (Lipinski definition) is 0. The summed E-state index contributed by atoms with van der Waals surface area (Å²) in [4.78, 5) is 15.5. The second kappa shape index (κ2) is 7.49. The first-order valence-electron chi connectivity index (χ1n) is 8.98. The van der Waals surface area contributed by atoms with Crippen LogP contribution in [0.2, 0.25) is 0 Å². The second-order valence-electron chi connectivity index (χ2n) is 6.41. The Bertz CT molecular complexity index is 1070. The number of pyridine rings is 1. The Morgan fingerprint density at radius 3 is 2.75 bits per heavy atom. The number of thiazole rings is 1. The summed E-state index contributed by atoms with van der Waals surface area (Å²) in [5, 5.41) is 6.18. The molecule has 0 atom stereocenters. The molecule has 0 saturated carbocycles. The Balaban J connectivity index is 1.43. The molecule has 0 aliphatic carbocycles. The molecule has 0 amide bonds. The van der Waals surface area contributed by atoms with Crippen molar-refractivity contribution < 1.29 is 9.26 Å². The minimum atomic E-state index is 0.455. The van der Waals surface area contributed by atoms with Crippen molar-refractivity contribution >= 4 is 17.0 Å². The van der Waals surface area contributed by atoms with Crippen LogP contribution < -0.4 is 4.90 Å². The molecular weight excluding hydrogens is 374 g/mol. The highest BCUT2D eigenvalue weighted by Crippen LogP contribution is 2.28. The number of morpholine rings is 1. The van der Waals surface area contributed by atoms with Gasteiger partial charge in [-0.2, -0.15) is 4.98 Å². The van der Waals surface area contributed by atoms with Crippen molar-refractivity contribution in [2.45, 2.75) is 0 Å². The molecule has 140 valence electrons. The third-order valence-corrected chi connectivity index (χ3v) is 5.21. The largest absolute Gasteiger partial charge is 0.378 e. The van der Waals surface area contributed by atoms with E-state index in [9.17, 15) is 0 Å². The normalized spacial score (nSPS) is 14.4. The van der Waals surface area contributed by atoms with E-state index in [-0.39, 0.29) is 0 Å². The third kappa shape index (κ3) is 3.39. The van der Waals surface area contributed by atoms with Crippen LogP contribution in [-0.4, -0.2) is 46.4 Å². The van der Waals surface area contributed by atoms with E-state index in [1.54, 1.807) is 17.5 Å². The molecule has 0 unspecified atom stereocenters. The van der Waals surface area contributed by atoms with Gasteiger partial charge in [0.05, 0.1) is 41.9 Å². The molecule has 1 aliphatic rings. The smallest absolute Gasteiger partial charge is 0.259 e. The van der Waals surface area contributed by atoms with Crippen molar-refractivity contribution in [3.63, 3.8) is 0 Å². The molecule has 0 spiro atoms. The fourth-order valence-corrected chi connectivity index (χ4v) is 3.73. The highest BCUT2D eigenvalue weighted by atomic mass is 32.1. The summed E-state index contributed by atoms with van der Waals surface area (Å²) in [5.41, 5.74) is 6.52. The van der Waals surface area contributed by atoms with Gasteiger partial charge in [-0.3, -0.25) is 4.98 Å². The highest BCUT2D eigenvalue weighted by molar-refractivity contribution is 7.07. The van der Waals surface area contributed by atoms with Gasteiger partial charge in [0.2, 0.25) is 5.82 Å². The minimum absolute atomic E-state index is 0.455. The molecule has 3 aromatic heterocycles. The zero-order valence-electron chi connectivity index (χ0n) is 15.0. The van der Waals surface area contributed by atoms with Crippen molar-refractivity contribution in [3.8, 4) is 34.1 Å². The summed E-state index contributed by atoms with van der Waals surface area (Å²) in [6.45, 7) is 3.15. The van der Waals surface area contributed by atoms with Crippen LogP contribution in [0.25, 0.3) is 34.1 Å². The summed E-state index contributed by atoms with van der Waals surface area (Å²) in [6, 6.07) is 10.0. The molecule has 0 N–H and O–H groups in total. The van der Waals surface area contributed by atoms with E-state index >= 15 is 0 Å². The van der Waals surface area contributed by atoms with E-state index in [0.29, 0.717) is 11.7 Å². The Morgan fingerprint density at radius 2 is 1.89 bits per heavy atom. The monoisotopic (exact) mass is 391 g/mol. The van der Waals surface area contributed by atoms with Crippen molar-refractivity contribution in [1.82, 2.24) is 20.1 Å². The molecule has 8 heteroatoms. The molecule has 1 saturated heterocycles. The first-order valence-corrected chi connectivity index (χ1v) is 9.92. The summed E-state index contributed by atoms with van der Waals surface area (Å²) in [6.07, 6.45) is 3.59. The average Bonchev–Trinajstić information content (AvgIpc) is 3.47. The molecule has 7 nitrogen and oxygen atoms in total. The fraction of sp³-hybridized carbons (Fsp3) is 0.200. The molecule has 1 aliphatic heterocycles. The van der Waals surface area contributed by atoms with Gasteiger partial charge in [-0.1, -0.05) is 23.4 Å². The zero-order valence-corrected chi connectivity index (χ0v) is 15.8. The molecular formula is C20H17N5O2S. The van der Waals surface area contributed by atoms with Crippen LogP contribution in [0.1, 0.15) is 0 Å². The van der Waals surface area contributed by atoms with Crippen LogP contribution >= 0.6 is 11.3 Å². The highest BCUT2D eigenvalue weighted by Gasteiger charge is 2.16. The molecule has 28 heavy (non-hydrogen) atoms. The Hall–Kier alpha value is -3.10. The molecule has 4 heterocycles. The number of hydrogen-bond acceptors (Lipinski definition) is 8. The van der Waals surface area contributed by atoms with Crippen molar-refractivity contribution in [1.29, 1.82) is 0 Å². The van der Waals surface area contributed by atoms with Gasteiger partial charge in [-0.25, -0.2) is 4.98 Å². The zero-order chi connectivity index (χ0) is 18.8. The van der Waals surface area contributed by atoms with Gasteiger partial charge < -0.3 is 14.2 Å². The maximum atomic E-state index is 5.52. The number of nitrogens with zero attached hydrogens (tertiary/aromatic N) is 5. The van der Waals surface area contributed by atoms with Crippen molar-refractivity contribution in [3.05, 3.63) is 53.6 Å². The number of ether oxygens (including phenoxy) is 1. The molecule has 0 radical (unpaired) electrons. The maximum absolute atomic E-state index is 5.52. The molecule has 4 aromatic rings. The summed E-state index contributed by atoms with van der Waals surface area (Å²) in [5.74, 6) is 1.00. The van der Waals surface area contributed by atoms with Gasteiger partial charge in [0, 0.05) is 35.8 Å². The van der Waals surface area contributed by atoms with Gasteiger partial charge in [-0.15, -0.1) is 11.3 Å². The molecule has 1 fully saturated rings. The lowest BCUT2D eigenvalue weighted by atomic mass is 10.1. The Labute approximate surface area is 165 Å². The summed E-state index contributed by atoms with van der Waals surface area (Å²) in [7, 11) is 0. The average molecular weight is 391 g/mol. The SMILES string of the molecule is c1cc(-c2cscn2)cc(-c2noc(-c3cncc(N4CCOCC4)c3)n2)c1. The fourth-order valence-electron chi connectivity index (χ4n) is 3.17. The van der Waals surface area contributed by atoms with E-state index in [1.807, 2.05) is 47.4 Å². The lowest BCUT2D eigenvalue weighted by Crippen LogP contribution is -2.36. The number of anilines is 1. The second-order valence-corrected chi connectivity index (χ2v) is 7.13. The summed E-state index contributed by atoms with van der Waals surface area (Å²) < 4.78 is 10.9. The van der Waals surface area contributed by atoms with E-state index in [0.717, 1.165) is 54.4 Å². The first kappa shape index (κ1) is 17.0. The van der Waals surface area contributed by atoms with Crippen LogP contribution in [0.4, 0.5) is 5.69 Å². The van der Waals surface area contributed by atoms with Crippen LogP contribution in [0.15, 0.2) is 58.1 Å². The Kier molecular flexibility index (Phi) is 4.56. The van der Waals surface area contributed by atoms with E-state index in [2.05, 4.69) is 25.0 Å². The number of benzene rings is 1. The van der Waals surface area contributed by atoms with Gasteiger partial charge in [0.1, 0.15) is 0 Å². The van der Waals surface area contributed by atoms with Gasteiger partial charge >= 0.3 is 0 Å². The summed E-state index contributed by atoms with van der Waals surface area (Å²) >= 11 is 1.57. The van der Waals surface area contributed by atoms with E-state index in [1.165, 1.54) is 0 Å². The third-order valence-electron chi connectivity index (χ3n) is 4.62. The van der Waals surface area contributed by atoms with Crippen LogP contribution in [0.5, 0.6) is 0 Å². The van der Waals surface area contributed by atoms with Gasteiger partial charge in [0.15, 0.2) is 0 Å². The number of aromatic nitrogens is 4. The van der Waals surface area contributed by atoms with Crippen LogP contribution in [0, 0.1) is 0 Å². The van der Waals surface area contributed by atoms with E-state index in [4.69, 9.17) is 9.26 Å². The van der Waals surface area contributed by atoms with Crippen LogP contribution in [0.3, 0.4) is 0 Å². The predicted molar refractivity (Wildman–Crippen MR) is 107 cm³/mol. The molecule has 1 aromatic carbocycles. The van der Waals surface area contributed by atoms with Crippen LogP contribution in [-0.2, 0) is 4.74 Å². The van der Waals surface area contributed by atoms with Gasteiger partial charge in [-0.05, 0) is 12.1 Å². The first-order chi connectivity index (χ1) is 13.9. The number of rotatable bonds is 4. The topological polar surface area (TPSA) is 77.2 Å². The lowest BCUT2D eigenvalue weighted by Gasteiger charge is -2.28. The molecule has 5 rings (SSSR count). The van der Waals surface area contributed by atoms with E-state index < -0.39 is 0 Å².